The molecular weight excluding hydrogens is 508 g/mol. The summed E-state index contributed by atoms with van der Waals surface area (Å²) < 4.78 is 2.37. The maximum atomic E-state index is 2.37. The number of hydrogen-bond acceptors (Lipinski definition) is 1. The van der Waals surface area contributed by atoms with Crippen LogP contribution >= 0.6 is 0 Å². The summed E-state index contributed by atoms with van der Waals surface area (Å²) in [6.07, 6.45) is 0. The van der Waals surface area contributed by atoms with Crippen LogP contribution in [0.25, 0.3) is 49.4 Å². The van der Waals surface area contributed by atoms with Crippen molar-refractivity contribution in [1.82, 2.24) is 4.57 Å². The molecule has 0 amide bonds. The second-order valence-corrected chi connectivity index (χ2v) is 10.6. The first-order valence-corrected chi connectivity index (χ1v) is 14.4. The molecule has 0 radical (unpaired) electrons. The first kappa shape index (κ1) is 24.2. The number of benzene rings is 7. The van der Waals surface area contributed by atoms with E-state index in [9.17, 15) is 0 Å². The second kappa shape index (κ2) is 10.1. The minimum Gasteiger partial charge on any atom is -0.310 e. The van der Waals surface area contributed by atoms with E-state index in [1.54, 1.807) is 0 Å². The van der Waals surface area contributed by atoms with E-state index in [2.05, 4.69) is 179 Å². The summed E-state index contributed by atoms with van der Waals surface area (Å²) in [5.74, 6) is 0. The second-order valence-electron chi connectivity index (χ2n) is 10.6. The molecule has 7 aromatic carbocycles. The fourth-order valence-electron chi connectivity index (χ4n) is 6.22. The predicted octanol–water partition coefficient (Wildman–Crippen LogP) is 11.1. The first-order chi connectivity index (χ1) is 20.8. The molecule has 2 heteroatoms. The number of anilines is 3. The quantitative estimate of drug-likeness (QED) is 0.212. The molecule has 8 aromatic rings. The molecule has 42 heavy (non-hydrogen) atoms. The predicted molar refractivity (Wildman–Crippen MR) is 178 cm³/mol. The lowest BCUT2D eigenvalue weighted by Gasteiger charge is -2.27. The molecule has 198 valence electrons. The highest BCUT2D eigenvalue weighted by Gasteiger charge is 2.17. The van der Waals surface area contributed by atoms with Crippen LogP contribution in [0.5, 0.6) is 0 Å². The number of rotatable bonds is 5. The van der Waals surface area contributed by atoms with E-state index in [1.165, 1.54) is 43.7 Å². The first-order valence-electron chi connectivity index (χ1n) is 14.4. The molecule has 0 N–H and O–H groups in total. The molecule has 2 nitrogen and oxygen atoms in total. The van der Waals surface area contributed by atoms with Crippen molar-refractivity contribution < 1.29 is 0 Å². The van der Waals surface area contributed by atoms with Crippen molar-refractivity contribution in [2.45, 2.75) is 0 Å². The molecule has 0 aliphatic carbocycles. The fraction of sp³-hybridized carbons (Fsp3) is 0. The Labute approximate surface area is 245 Å². The average molecular weight is 537 g/mol. The van der Waals surface area contributed by atoms with Gasteiger partial charge in [-0.15, -0.1) is 0 Å². The number of para-hydroxylation sites is 2. The molecule has 1 heterocycles. The molecule has 0 saturated carbocycles. The monoisotopic (exact) mass is 536 g/mol. The Hall–Kier alpha value is -5.60. The van der Waals surface area contributed by atoms with Gasteiger partial charge in [-0.3, -0.25) is 0 Å². The average Bonchev–Trinajstić information content (AvgIpc) is 3.41. The summed E-state index contributed by atoms with van der Waals surface area (Å²) in [4.78, 5) is 2.37. The molecule has 0 bridgehead atoms. The topological polar surface area (TPSA) is 8.17 Å². The largest absolute Gasteiger partial charge is 0.310 e. The van der Waals surface area contributed by atoms with Gasteiger partial charge in [-0.05, 0) is 71.1 Å². The highest BCUT2D eigenvalue weighted by Crippen LogP contribution is 2.40. The van der Waals surface area contributed by atoms with E-state index in [0.717, 1.165) is 22.7 Å². The molecule has 0 fully saturated rings. The number of nitrogens with zero attached hydrogens (tertiary/aromatic N) is 2. The van der Waals surface area contributed by atoms with Gasteiger partial charge in [0.15, 0.2) is 0 Å². The van der Waals surface area contributed by atoms with Crippen LogP contribution in [0.3, 0.4) is 0 Å². The third kappa shape index (κ3) is 4.05. The van der Waals surface area contributed by atoms with Crippen LogP contribution in [0, 0.1) is 0 Å². The summed E-state index contributed by atoms with van der Waals surface area (Å²) in [7, 11) is 0. The number of hydrogen-bond donors (Lipinski definition) is 0. The lowest BCUT2D eigenvalue weighted by Crippen LogP contribution is -2.10. The zero-order valence-corrected chi connectivity index (χ0v) is 23.1. The van der Waals surface area contributed by atoms with Crippen molar-refractivity contribution >= 4 is 49.6 Å². The normalized spacial score (nSPS) is 11.3. The molecule has 0 aliphatic heterocycles. The summed E-state index contributed by atoms with van der Waals surface area (Å²) in [5.41, 5.74) is 9.40. The Bertz CT molecular complexity index is 2110. The van der Waals surface area contributed by atoms with Gasteiger partial charge in [0.25, 0.3) is 0 Å². The van der Waals surface area contributed by atoms with E-state index in [4.69, 9.17) is 0 Å². The Morgan fingerprint density at radius 1 is 0.357 bits per heavy atom. The number of fused-ring (bicyclic) bond motifs is 4. The van der Waals surface area contributed by atoms with Gasteiger partial charge >= 0.3 is 0 Å². The highest BCUT2D eigenvalue weighted by atomic mass is 15.1. The zero-order valence-electron chi connectivity index (χ0n) is 23.1. The van der Waals surface area contributed by atoms with E-state index >= 15 is 0 Å². The van der Waals surface area contributed by atoms with Gasteiger partial charge in [0.05, 0.1) is 16.7 Å². The van der Waals surface area contributed by atoms with Crippen molar-refractivity contribution in [3.63, 3.8) is 0 Å². The SMILES string of the molecule is c1ccc(-c2ccc(N(c3ccc(-n4c5ccccc5c5ccccc54)cc3)c3cccc4ccccc34)cc2)cc1. The van der Waals surface area contributed by atoms with Gasteiger partial charge in [-0.25, -0.2) is 0 Å². The van der Waals surface area contributed by atoms with Gasteiger partial charge in [0.2, 0.25) is 0 Å². The third-order valence-electron chi connectivity index (χ3n) is 8.19. The van der Waals surface area contributed by atoms with Crippen molar-refractivity contribution in [3.8, 4) is 16.8 Å². The van der Waals surface area contributed by atoms with Gasteiger partial charge in [-0.2, -0.15) is 0 Å². The van der Waals surface area contributed by atoms with Crippen LogP contribution in [-0.2, 0) is 0 Å². The van der Waals surface area contributed by atoms with Gasteiger partial charge < -0.3 is 9.47 Å². The summed E-state index contributed by atoms with van der Waals surface area (Å²) in [5, 5.41) is 4.99. The van der Waals surface area contributed by atoms with Crippen LogP contribution in [0.15, 0.2) is 170 Å². The van der Waals surface area contributed by atoms with Crippen molar-refractivity contribution in [1.29, 1.82) is 0 Å². The molecule has 1 aromatic heterocycles. The Kier molecular flexibility index (Phi) is 5.82. The smallest absolute Gasteiger partial charge is 0.0541 e. The van der Waals surface area contributed by atoms with Crippen LogP contribution in [0.1, 0.15) is 0 Å². The molecule has 0 atom stereocenters. The lowest BCUT2D eigenvalue weighted by atomic mass is 10.0. The van der Waals surface area contributed by atoms with Crippen LogP contribution in [0.2, 0.25) is 0 Å². The minimum absolute atomic E-state index is 1.11. The summed E-state index contributed by atoms with van der Waals surface area (Å²) in [6.45, 7) is 0. The highest BCUT2D eigenvalue weighted by molar-refractivity contribution is 6.09. The van der Waals surface area contributed by atoms with E-state index in [-0.39, 0.29) is 0 Å². The third-order valence-corrected chi connectivity index (χ3v) is 8.19. The van der Waals surface area contributed by atoms with Gasteiger partial charge in [0, 0.05) is 33.2 Å². The van der Waals surface area contributed by atoms with Gasteiger partial charge in [0.1, 0.15) is 0 Å². The zero-order chi connectivity index (χ0) is 27.9. The van der Waals surface area contributed by atoms with E-state index in [1.807, 2.05) is 0 Å². The van der Waals surface area contributed by atoms with E-state index < -0.39 is 0 Å². The Morgan fingerprint density at radius 2 is 0.857 bits per heavy atom. The van der Waals surface area contributed by atoms with E-state index in [0.29, 0.717) is 0 Å². The maximum absolute atomic E-state index is 2.37. The van der Waals surface area contributed by atoms with Crippen molar-refractivity contribution in [2.75, 3.05) is 4.90 Å². The fourth-order valence-corrected chi connectivity index (χ4v) is 6.22. The molecular formula is C40H28N2. The maximum Gasteiger partial charge on any atom is 0.0541 e. The molecule has 0 aliphatic rings. The number of aromatic nitrogens is 1. The molecule has 0 saturated heterocycles. The lowest BCUT2D eigenvalue weighted by molar-refractivity contribution is 1.17. The van der Waals surface area contributed by atoms with Crippen molar-refractivity contribution in [3.05, 3.63) is 170 Å². The Morgan fingerprint density at radius 3 is 1.52 bits per heavy atom. The summed E-state index contributed by atoms with van der Waals surface area (Å²) in [6, 6.07) is 60.9. The minimum atomic E-state index is 1.11. The van der Waals surface area contributed by atoms with Crippen LogP contribution in [-0.4, -0.2) is 4.57 Å². The van der Waals surface area contributed by atoms with Crippen LogP contribution in [0.4, 0.5) is 17.1 Å². The Balaban J connectivity index is 1.28. The standard InChI is InChI=1S/C40H28N2/c1-2-11-29(12-3-1)30-21-23-32(24-22-30)41(38-20-10-14-31-13-4-5-15-35(31)38)33-25-27-34(28-26-33)42-39-18-8-6-16-36(39)37-17-7-9-19-40(37)42/h1-28H. The van der Waals surface area contributed by atoms with Crippen LogP contribution < -0.4 is 4.90 Å². The van der Waals surface area contributed by atoms with Gasteiger partial charge in [-0.1, -0.05) is 115 Å². The molecule has 0 spiro atoms. The van der Waals surface area contributed by atoms with Crippen molar-refractivity contribution in [2.24, 2.45) is 0 Å². The molecule has 8 rings (SSSR count). The molecule has 0 unspecified atom stereocenters. The summed E-state index contributed by atoms with van der Waals surface area (Å²) >= 11 is 0.